The van der Waals surface area contributed by atoms with Gasteiger partial charge in [0.05, 0.1) is 20.2 Å². The van der Waals surface area contributed by atoms with E-state index < -0.39 is 0 Å². The smallest absolute Gasteiger partial charge is 0.242 e. The summed E-state index contributed by atoms with van der Waals surface area (Å²) in [6.45, 7) is 10.4. The maximum Gasteiger partial charge on any atom is 0.242 e. The van der Waals surface area contributed by atoms with Crippen molar-refractivity contribution in [3.05, 3.63) is 53.9 Å². The molecule has 204 valence electrons. The molecular formula is C31H47N3O3. The minimum absolute atomic E-state index is 0.0262. The lowest BCUT2D eigenvalue weighted by atomic mass is 10.0. The lowest BCUT2D eigenvalue weighted by molar-refractivity contribution is -0.142. The Labute approximate surface area is 224 Å². The SMILES string of the molecule is CCC(C)N(Cc1cccn1Cc1cccc(OC)c1)C(=O)CN(CC(C)C)C(=O)CCC1CCCC1. The van der Waals surface area contributed by atoms with Crippen LogP contribution in [-0.2, 0) is 22.7 Å². The highest BCUT2D eigenvalue weighted by Gasteiger charge is 2.26. The first kappa shape index (κ1) is 28.8. The number of carbonyl (C=O) groups excluding carboxylic acids is 2. The number of carbonyl (C=O) groups is 2. The number of methoxy groups -OCH3 is 1. The molecule has 6 heteroatoms. The number of nitrogens with zero attached hydrogens (tertiary/aromatic N) is 3. The van der Waals surface area contributed by atoms with E-state index in [-0.39, 0.29) is 24.4 Å². The third-order valence-corrected chi connectivity index (χ3v) is 7.69. The normalized spacial score (nSPS) is 14.6. The number of aromatic nitrogens is 1. The van der Waals surface area contributed by atoms with Gasteiger partial charge in [0.1, 0.15) is 5.75 Å². The van der Waals surface area contributed by atoms with Crippen molar-refractivity contribution in [2.24, 2.45) is 11.8 Å². The van der Waals surface area contributed by atoms with Gasteiger partial charge in [-0.05, 0) is 61.4 Å². The highest BCUT2D eigenvalue weighted by molar-refractivity contribution is 5.85. The standard InChI is InChI=1S/C31H47N3O3/c1-6-25(4)34(22-28-14-10-18-32(28)21-27-13-9-15-29(19-27)37-5)31(36)23-33(20-24(2)3)30(35)17-16-26-11-7-8-12-26/h9-10,13-15,18-19,24-26H,6-8,11-12,16-17,20-23H2,1-5H3. The van der Waals surface area contributed by atoms with Crippen molar-refractivity contribution in [2.75, 3.05) is 20.2 Å². The molecule has 1 aromatic heterocycles. The molecule has 0 spiro atoms. The van der Waals surface area contributed by atoms with Crippen LogP contribution in [0.3, 0.4) is 0 Å². The maximum absolute atomic E-state index is 13.7. The van der Waals surface area contributed by atoms with Crippen molar-refractivity contribution >= 4 is 11.8 Å². The predicted octanol–water partition coefficient (Wildman–Crippen LogP) is 6.13. The van der Waals surface area contributed by atoms with E-state index >= 15 is 0 Å². The number of amides is 2. The Balaban J connectivity index is 1.70. The summed E-state index contributed by atoms with van der Waals surface area (Å²) >= 11 is 0. The van der Waals surface area contributed by atoms with Crippen molar-refractivity contribution in [3.8, 4) is 5.75 Å². The summed E-state index contributed by atoms with van der Waals surface area (Å²) in [7, 11) is 1.68. The number of ether oxygens (including phenoxy) is 1. The van der Waals surface area contributed by atoms with Crippen LogP contribution in [0, 0.1) is 11.8 Å². The highest BCUT2D eigenvalue weighted by atomic mass is 16.5. The Bertz CT molecular complexity index is 993. The van der Waals surface area contributed by atoms with E-state index in [1.54, 1.807) is 7.11 Å². The largest absolute Gasteiger partial charge is 0.497 e. The van der Waals surface area contributed by atoms with Gasteiger partial charge in [-0.25, -0.2) is 0 Å². The molecule has 1 fully saturated rings. The molecule has 6 nitrogen and oxygen atoms in total. The second kappa shape index (κ2) is 14.3. The van der Waals surface area contributed by atoms with Crippen molar-refractivity contribution in [1.29, 1.82) is 0 Å². The molecular weight excluding hydrogens is 462 g/mol. The molecule has 1 atom stereocenters. The zero-order chi connectivity index (χ0) is 26.8. The minimum atomic E-state index is 0.0262. The molecule has 0 aliphatic heterocycles. The van der Waals surface area contributed by atoms with Gasteiger partial charge in [-0.1, -0.05) is 58.6 Å². The van der Waals surface area contributed by atoms with Crippen LogP contribution in [0.25, 0.3) is 0 Å². The number of rotatable bonds is 14. The first-order chi connectivity index (χ1) is 17.8. The summed E-state index contributed by atoms with van der Waals surface area (Å²) in [5, 5.41) is 0. The lowest BCUT2D eigenvalue weighted by Crippen LogP contribution is -2.47. The fourth-order valence-corrected chi connectivity index (χ4v) is 5.33. The summed E-state index contributed by atoms with van der Waals surface area (Å²) in [6.07, 6.45) is 9.49. The topological polar surface area (TPSA) is 54.8 Å². The van der Waals surface area contributed by atoms with Gasteiger partial charge in [-0.2, -0.15) is 0 Å². The molecule has 1 unspecified atom stereocenters. The third-order valence-electron chi connectivity index (χ3n) is 7.69. The van der Waals surface area contributed by atoms with Crippen molar-refractivity contribution in [2.45, 2.75) is 91.8 Å². The highest BCUT2D eigenvalue weighted by Crippen LogP contribution is 2.29. The van der Waals surface area contributed by atoms with E-state index in [4.69, 9.17) is 4.74 Å². The minimum Gasteiger partial charge on any atom is -0.497 e. The Hall–Kier alpha value is -2.76. The molecule has 1 aromatic carbocycles. The van der Waals surface area contributed by atoms with Crippen LogP contribution in [0.4, 0.5) is 0 Å². The van der Waals surface area contributed by atoms with E-state index in [1.165, 1.54) is 25.7 Å². The van der Waals surface area contributed by atoms with Gasteiger partial charge in [0.25, 0.3) is 0 Å². The van der Waals surface area contributed by atoms with Crippen molar-refractivity contribution < 1.29 is 14.3 Å². The summed E-state index contributed by atoms with van der Waals surface area (Å²) in [6, 6.07) is 12.3. The maximum atomic E-state index is 13.7. The second-order valence-corrected chi connectivity index (χ2v) is 11.1. The molecule has 1 aliphatic rings. The van der Waals surface area contributed by atoms with Crippen LogP contribution in [0.2, 0.25) is 0 Å². The average molecular weight is 510 g/mol. The van der Waals surface area contributed by atoms with Crippen LogP contribution < -0.4 is 4.74 Å². The summed E-state index contributed by atoms with van der Waals surface area (Å²) < 4.78 is 7.57. The fraction of sp³-hybridized carbons (Fsp3) is 0.613. The van der Waals surface area contributed by atoms with Crippen LogP contribution >= 0.6 is 0 Å². The molecule has 37 heavy (non-hydrogen) atoms. The van der Waals surface area contributed by atoms with Gasteiger partial charge in [0.15, 0.2) is 0 Å². The molecule has 0 radical (unpaired) electrons. The number of hydrogen-bond donors (Lipinski definition) is 0. The number of benzene rings is 1. The molecule has 0 bridgehead atoms. The van der Waals surface area contributed by atoms with Crippen LogP contribution in [0.15, 0.2) is 42.6 Å². The second-order valence-electron chi connectivity index (χ2n) is 11.1. The van der Waals surface area contributed by atoms with Crippen LogP contribution in [0.1, 0.15) is 83.9 Å². The number of hydrogen-bond acceptors (Lipinski definition) is 3. The Morgan fingerprint density at radius 2 is 1.84 bits per heavy atom. The molecule has 2 aromatic rings. The molecule has 2 amide bonds. The summed E-state index contributed by atoms with van der Waals surface area (Å²) in [5.74, 6) is 1.98. The van der Waals surface area contributed by atoms with Crippen molar-refractivity contribution in [3.63, 3.8) is 0 Å². The van der Waals surface area contributed by atoms with Gasteiger partial charge in [0, 0.05) is 37.4 Å². The zero-order valence-corrected chi connectivity index (χ0v) is 23.6. The van der Waals surface area contributed by atoms with E-state index in [0.29, 0.717) is 37.9 Å². The molecule has 0 saturated heterocycles. The first-order valence-corrected chi connectivity index (χ1v) is 14.1. The molecule has 3 rings (SSSR count). The van der Waals surface area contributed by atoms with Gasteiger partial charge in [-0.3, -0.25) is 9.59 Å². The Morgan fingerprint density at radius 1 is 1.08 bits per heavy atom. The monoisotopic (exact) mass is 509 g/mol. The average Bonchev–Trinajstić information content (AvgIpc) is 3.57. The van der Waals surface area contributed by atoms with Crippen LogP contribution in [-0.4, -0.2) is 52.4 Å². The molecule has 1 saturated carbocycles. The van der Waals surface area contributed by atoms with Crippen molar-refractivity contribution in [1.82, 2.24) is 14.4 Å². The Morgan fingerprint density at radius 3 is 2.51 bits per heavy atom. The van der Waals surface area contributed by atoms with E-state index in [0.717, 1.165) is 29.8 Å². The molecule has 0 N–H and O–H groups in total. The predicted molar refractivity (Wildman–Crippen MR) is 149 cm³/mol. The van der Waals surface area contributed by atoms with E-state index in [1.807, 2.05) is 34.1 Å². The Kier molecular flexibility index (Phi) is 11.1. The van der Waals surface area contributed by atoms with Gasteiger partial charge in [-0.15, -0.1) is 0 Å². The third kappa shape index (κ3) is 8.65. The first-order valence-electron chi connectivity index (χ1n) is 14.1. The van der Waals surface area contributed by atoms with Gasteiger partial charge >= 0.3 is 0 Å². The zero-order valence-electron chi connectivity index (χ0n) is 23.6. The summed E-state index contributed by atoms with van der Waals surface area (Å²) in [5.41, 5.74) is 2.23. The molecule has 1 heterocycles. The fourth-order valence-electron chi connectivity index (χ4n) is 5.33. The van der Waals surface area contributed by atoms with Gasteiger partial charge < -0.3 is 19.1 Å². The van der Waals surface area contributed by atoms with Crippen LogP contribution in [0.5, 0.6) is 5.75 Å². The van der Waals surface area contributed by atoms with E-state index in [9.17, 15) is 9.59 Å². The van der Waals surface area contributed by atoms with E-state index in [2.05, 4.69) is 50.6 Å². The summed E-state index contributed by atoms with van der Waals surface area (Å²) in [4.78, 5) is 30.7. The molecule has 1 aliphatic carbocycles. The lowest BCUT2D eigenvalue weighted by Gasteiger charge is -2.32. The quantitative estimate of drug-likeness (QED) is 0.308. The van der Waals surface area contributed by atoms with Gasteiger partial charge in [0.2, 0.25) is 11.8 Å².